The number of hydrogen-bond acceptors (Lipinski definition) is 2. The van der Waals surface area contributed by atoms with Gasteiger partial charge in [-0.2, -0.15) is 0 Å². The molecule has 0 radical (unpaired) electrons. The molecule has 112 valence electrons. The van der Waals surface area contributed by atoms with E-state index in [9.17, 15) is 18.4 Å². The first-order chi connectivity index (χ1) is 10.6. The van der Waals surface area contributed by atoms with Gasteiger partial charge in [-0.3, -0.25) is 14.5 Å². The fraction of sp³-hybridized carbons (Fsp3) is 0.176. The second kappa shape index (κ2) is 5.67. The molecule has 1 aliphatic rings. The zero-order valence-corrected chi connectivity index (χ0v) is 11.6. The lowest BCUT2D eigenvalue weighted by atomic mass is 9.99. The topological polar surface area (TPSA) is 37.4 Å². The largest absolute Gasteiger partial charge is 0.274 e. The summed E-state index contributed by atoms with van der Waals surface area (Å²) in [4.78, 5) is 25.4. The fourth-order valence-electron chi connectivity index (χ4n) is 2.63. The summed E-state index contributed by atoms with van der Waals surface area (Å²) in [5, 5.41) is 0. The molecular weight excluding hydrogens is 288 g/mol. The summed E-state index contributed by atoms with van der Waals surface area (Å²) in [7, 11) is 0. The third-order valence-electron chi connectivity index (χ3n) is 3.79. The van der Waals surface area contributed by atoms with Gasteiger partial charge in [-0.05, 0) is 17.7 Å². The van der Waals surface area contributed by atoms with Gasteiger partial charge in [0.05, 0.1) is 17.0 Å². The first-order valence-corrected chi connectivity index (χ1v) is 6.88. The summed E-state index contributed by atoms with van der Waals surface area (Å²) < 4.78 is 26.7. The zero-order chi connectivity index (χ0) is 15.7. The molecule has 2 aromatic carbocycles. The van der Waals surface area contributed by atoms with Crippen LogP contribution >= 0.6 is 0 Å². The predicted octanol–water partition coefficient (Wildman–Crippen LogP) is 3.33. The van der Waals surface area contributed by atoms with Gasteiger partial charge in [-0.1, -0.05) is 42.5 Å². The molecule has 3 nitrogen and oxygen atoms in total. The smallest absolute Gasteiger partial charge is 0.261 e. The molecule has 2 amide bonds. The highest BCUT2D eigenvalue weighted by molar-refractivity contribution is 6.21. The maximum atomic E-state index is 13.4. The van der Waals surface area contributed by atoms with E-state index in [2.05, 4.69) is 0 Å². The molecule has 0 saturated carbocycles. The fourth-order valence-corrected chi connectivity index (χ4v) is 2.63. The molecule has 0 saturated heterocycles. The van der Waals surface area contributed by atoms with E-state index in [0.29, 0.717) is 5.56 Å². The molecule has 0 aliphatic carbocycles. The molecular formula is C17H13F2NO2. The highest BCUT2D eigenvalue weighted by atomic mass is 19.3. The number of halogens is 2. The summed E-state index contributed by atoms with van der Waals surface area (Å²) in [6.45, 7) is -0.325. The third-order valence-corrected chi connectivity index (χ3v) is 3.79. The van der Waals surface area contributed by atoms with Gasteiger partial charge in [0.1, 0.15) is 0 Å². The lowest BCUT2D eigenvalue weighted by Gasteiger charge is -2.22. The van der Waals surface area contributed by atoms with E-state index < -0.39 is 24.2 Å². The number of carbonyl (C=O) groups is 2. The van der Waals surface area contributed by atoms with E-state index in [1.807, 2.05) is 0 Å². The molecule has 1 aliphatic heterocycles. The first-order valence-electron chi connectivity index (χ1n) is 6.88. The first kappa shape index (κ1) is 14.4. The highest BCUT2D eigenvalue weighted by Gasteiger charge is 2.38. The number of nitrogens with zero attached hydrogens (tertiary/aromatic N) is 1. The van der Waals surface area contributed by atoms with Crippen molar-refractivity contribution in [3.63, 3.8) is 0 Å². The van der Waals surface area contributed by atoms with Gasteiger partial charge in [0.25, 0.3) is 11.8 Å². The Bertz CT molecular complexity index is 681. The van der Waals surface area contributed by atoms with Crippen molar-refractivity contribution in [2.75, 3.05) is 6.54 Å². The van der Waals surface area contributed by atoms with Crippen molar-refractivity contribution in [2.45, 2.75) is 12.3 Å². The van der Waals surface area contributed by atoms with Crippen molar-refractivity contribution in [3.8, 4) is 0 Å². The number of alkyl halides is 2. The van der Waals surface area contributed by atoms with Gasteiger partial charge < -0.3 is 0 Å². The average Bonchev–Trinajstić information content (AvgIpc) is 2.78. The minimum absolute atomic E-state index is 0.272. The SMILES string of the molecule is O=C1c2ccccc2C(=O)N1CC(c1ccccc1)C(F)F. The van der Waals surface area contributed by atoms with Crippen LogP contribution in [0, 0.1) is 0 Å². The standard InChI is InChI=1S/C17H13F2NO2/c18-15(19)14(11-6-2-1-3-7-11)10-20-16(21)12-8-4-5-9-13(12)17(20)22/h1-9,14-15H,10H2. The van der Waals surface area contributed by atoms with Crippen LogP contribution in [-0.4, -0.2) is 29.7 Å². The molecule has 0 N–H and O–H groups in total. The number of benzene rings is 2. The summed E-state index contributed by atoms with van der Waals surface area (Å²) in [6.07, 6.45) is -2.66. The maximum absolute atomic E-state index is 13.4. The summed E-state index contributed by atoms with van der Waals surface area (Å²) in [5.41, 5.74) is 0.955. The quantitative estimate of drug-likeness (QED) is 0.812. The second-order valence-electron chi connectivity index (χ2n) is 5.12. The van der Waals surface area contributed by atoms with Crippen LogP contribution in [0.1, 0.15) is 32.2 Å². The molecule has 0 aromatic heterocycles. The Hall–Kier alpha value is -2.56. The van der Waals surface area contributed by atoms with Gasteiger partial charge >= 0.3 is 0 Å². The molecule has 1 atom stereocenters. The van der Waals surface area contributed by atoms with Crippen molar-refractivity contribution in [1.29, 1.82) is 0 Å². The Balaban J connectivity index is 1.89. The lowest BCUT2D eigenvalue weighted by Crippen LogP contribution is -2.35. The van der Waals surface area contributed by atoms with Gasteiger partial charge in [-0.15, -0.1) is 0 Å². The maximum Gasteiger partial charge on any atom is 0.261 e. The van der Waals surface area contributed by atoms with E-state index in [0.717, 1.165) is 4.90 Å². The monoisotopic (exact) mass is 301 g/mol. The van der Waals surface area contributed by atoms with Crippen LogP contribution < -0.4 is 0 Å². The van der Waals surface area contributed by atoms with Crippen LogP contribution in [-0.2, 0) is 0 Å². The van der Waals surface area contributed by atoms with Crippen molar-refractivity contribution in [1.82, 2.24) is 4.90 Å². The van der Waals surface area contributed by atoms with Gasteiger partial charge in [0.2, 0.25) is 6.43 Å². The molecule has 0 fully saturated rings. The van der Waals surface area contributed by atoms with Crippen LogP contribution in [0.2, 0.25) is 0 Å². The van der Waals surface area contributed by atoms with E-state index in [1.54, 1.807) is 42.5 Å². The predicted molar refractivity (Wildman–Crippen MR) is 77.0 cm³/mol. The van der Waals surface area contributed by atoms with Gasteiger partial charge in [0, 0.05) is 6.54 Å². The molecule has 1 unspecified atom stereocenters. The molecule has 0 bridgehead atoms. The minimum atomic E-state index is -2.66. The van der Waals surface area contributed by atoms with Crippen molar-refractivity contribution in [2.24, 2.45) is 0 Å². The van der Waals surface area contributed by atoms with Crippen molar-refractivity contribution in [3.05, 3.63) is 71.3 Å². The van der Waals surface area contributed by atoms with E-state index >= 15 is 0 Å². The summed E-state index contributed by atoms with van der Waals surface area (Å²) in [5.74, 6) is -2.22. The molecule has 3 rings (SSSR count). The number of amides is 2. The molecule has 0 spiro atoms. The number of rotatable bonds is 4. The Morgan fingerprint density at radius 2 is 1.32 bits per heavy atom. The molecule has 22 heavy (non-hydrogen) atoms. The van der Waals surface area contributed by atoms with Crippen molar-refractivity contribution < 1.29 is 18.4 Å². The summed E-state index contributed by atoms with van der Waals surface area (Å²) >= 11 is 0. The Morgan fingerprint density at radius 1 is 0.818 bits per heavy atom. The van der Waals surface area contributed by atoms with E-state index in [1.165, 1.54) is 12.1 Å². The van der Waals surface area contributed by atoms with Crippen LogP contribution in [0.4, 0.5) is 8.78 Å². The van der Waals surface area contributed by atoms with E-state index in [4.69, 9.17) is 0 Å². The Labute approximate surface area is 126 Å². The Morgan fingerprint density at radius 3 is 1.82 bits per heavy atom. The number of imide groups is 1. The normalized spacial score (nSPS) is 15.3. The molecule has 5 heteroatoms. The second-order valence-corrected chi connectivity index (χ2v) is 5.12. The highest BCUT2D eigenvalue weighted by Crippen LogP contribution is 2.29. The van der Waals surface area contributed by atoms with Gasteiger partial charge in [-0.25, -0.2) is 8.78 Å². The van der Waals surface area contributed by atoms with Crippen molar-refractivity contribution >= 4 is 11.8 Å². The average molecular weight is 301 g/mol. The van der Waals surface area contributed by atoms with Crippen LogP contribution in [0.25, 0.3) is 0 Å². The summed E-state index contributed by atoms with van der Waals surface area (Å²) in [6, 6.07) is 14.6. The molecule has 1 heterocycles. The van der Waals surface area contributed by atoms with Crippen LogP contribution in [0.5, 0.6) is 0 Å². The molecule has 2 aromatic rings. The third kappa shape index (κ3) is 2.39. The number of carbonyl (C=O) groups excluding carboxylic acids is 2. The zero-order valence-electron chi connectivity index (χ0n) is 11.6. The van der Waals surface area contributed by atoms with E-state index in [-0.39, 0.29) is 17.7 Å². The minimum Gasteiger partial charge on any atom is -0.274 e. The number of hydrogen-bond donors (Lipinski definition) is 0. The lowest BCUT2D eigenvalue weighted by molar-refractivity contribution is 0.0558. The number of fused-ring (bicyclic) bond motifs is 1. The Kier molecular flexibility index (Phi) is 3.71. The van der Waals surface area contributed by atoms with Crippen LogP contribution in [0.3, 0.4) is 0 Å². The van der Waals surface area contributed by atoms with Crippen LogP contribution in [0.15, 0.2) is 54.6 Å². The van der Waals surface area contributed by atoms with Gasteiger partial charge in [0.15, 0.2) is 0 Å².